The maximum atomic E-state index is 12.1. The summed E-state index contributed by atoms with van der Waals surface area (Å²) >= 11 is 7.03. The first kappa shape index (κ1) is 22.4. The summed E-state index contributed by atoms with van der Waals surface area (Å²) in [5, 5.41) is 23.9. The van der Waals surface area contributed by atoms with Gasteiger partial charge < -0.3 is 4.57 Å². The van der Waals surface area contributed by atoms with Gasteiger partial charge in [0.05, 0.1) is 16.9 Å². The van der Waals surface area contributed by atoms with Crippen molar-refractivity contribution in [2.45, 2.75) is 25.5 Å². The molecule has 1 aromatic heterocycles. The third kappa shape index (κ3) is 5.68. The molecule has 2 aromatic carbocycles. The van der Waals surface area contributed by atoms with Crippen LogP contribution in [0.3, 0.4) is 0 Å². The van der Waals surface area contributed by atoms with E-state index in [1.54, 1.807) is 6.07 Å². The number of nitro groups is 1. The van der Waals surface area contributed by atoms with E-state index in [0.29, 0.717) is 17.3 Å². The molecular formula is C20H19ClN6O3S. The van der Waals surface area contributed by atoms with Crippen LogP contribution in [-0.2, 0) is 11.3 Å². The molecule has 0 aliphatic rings. The Morgan fingerprint density at radius 1 is 1.29 bits per heavy atom. The van der Waals surface area contributed by atoms with Crippen LogP contribution in [0.5, 0.6) is 0 Å². The Morgan fingerprint density at radius 3 is 2.71 bits per heavy atom. The number of nitrogens with zero attached hydrogens (tertiary/aromatic N) is 5. The monoisotopic (exact) mass is 458 g/mol. The second kappa shape index (κ2) is 10.2. The number of aryl methyl sites for hydroxylation is 1. The Morgan fingerprint density at radius 2 is 2.03 bits per heavy atom. The topological polar surface area (TPSA) is 115 Å². The largest absolute Gasteiger partial charge is 0.302 e. The number of hydrazone groups is 1. The number of rotatable bonds is 8. The molecule has 0 fully saturated rings. The third-order valence-corrected chi connectivity index (χ3v) is 5.53. The first-order valence-electron chi connectivity index (χ1n) is 9.28. The number of carbonyl (C=O) groups excluding carboxylic acids is 1. The number of aromatic nitrogens is 3. The zero-order chi connectivity index (χ0) is 22.4. The summed E-state index contributed by atoms with van der Waals surface area (Å²) in [4.78, 5) is 22.5. The fourth-order valence-corrected chi connectivity index (χ4v) is 3.67. The summed E-state index contributed by atoms with van der Waals surface area (Å²) < 4.78 is 1.94. The Balaban J connectivity index is 1.60. The fourth-order valence-electron chi connectivity index (χ4n) is 2.69. The van der Waals surface area contributed by atoms with Gasteiger partial charge in [0.25, 0.3) is 11.6 Å². The van der Waals surface area contributed by atoms with Crippen molar-refractivity contribution in [3.63, 3.8) is 0 Å². The lowest BCUT2D eigenvalue weighted by Crippen LogP contribution is -2.20. The SMILES string of the molecule is CCn1c(SCC(=O)N/N=C\c2ccc(Cl)c([N+](=O)[O-])c2)nnc1-c1ccc(C)cc1. The molecule has 9 nitrogen and oxygen atoms in total. The van der Waals surface area contributed by atoms with Gasteiger partial charge >= 0.3 is 0 Å². The van der Waals surface area contributed by atoms with E-state index in [4.69, 9.17) is 11.6 Å². The van der Waals surface area contributed by atoms with E-state index in [0.717, 1.165) is 17.0 Å². The van der Waals surface area contributed by atoms with Gasteiger partial charge in [0.2, 0.25) is 0 Å². The number of benzene rings is 2. The van der Waals surface area contributed by atoms with Crippen LogP contribution in [-0.4, -0.2) is 37.6 Å². The summed E-state index contributed by atoms with van der Waals surface area (Å²) in [5.41, 5.74) is 4.73. The van der Waals surface area contributed by atoms with Crippen molar-refractivity contribution in [2.24, 2.45) is 5.10 Å². The normalized spacial score (nSPS) is 11.1. The van der Waals surface area contributed by atoms with Gasteiger partial charge in [0, 0.05) is 23.7 Å². The van der Waals surface area contributed by atoms with Crippen LogP contribution >= 0.6 is 23.4 Å². The highest BCUT2D eigenvalue weighted by molar-refractivity contribution is 7.99. The molecule has 1 amide bonds. The first-order valence-corrected chi connectivity index (χ1v) is 10.6. The molecule has 31 heavy (non-hydrogen) atoms. The molecule has 0 saturated carbocycles. The van der Waals surface area contributed by atoms with Crippen LogP contribution in [0.25, 0.3) is 11.4 Å². The minimum atomic E-state index is -0.580. The highest BCUT2D eigenvalue weighted by Gasteiger charge is 2.15. The van der Waals surface area contributed by atoms with Crippen molar-refractivity contribution in [3.05, 3.63) is 68.7 Å². The zero-order valence-electron chi connectivity index (χ0n) is 16.8. The van der Waals surface area contributed by atoms with Crippen LogP contribution in [0.4, 0.5) is 5.69 Å². The molecule has 1 heterocycles. The molecule has 0 spiro atoms. The maximum absolute atomic E-state index is 12.1. The number of nitro benzene ring substituents is 1. The van der Waals surface area contributed by atoms with Gasteiger partial charge in [-0.05, 0) is 19.9 Å². The standard InChI is InChI=1S/C20H19ClN6O3S/c1-3-26-19(15-7-4-13(2)5-8-15)24-25-20(26)31-12-18(28)23-22-11-14-6-9-16(21)17(10-14)27(29)30/h4-11H,3,12H2,1-2H3,(H,23,28)/b22-11-. The molecule has 0 unspecified atom stereocenters. The van der Waals surface area contributed by atoms with Crippen LogP contribution in [0, 0.1) is 17.0 Å². The number of halogens is 1. The van der Waals surface area contributed by atoms with Crippen molar-refractivity contribution in [3.8, 4) is 11.4 Å². The molecule has 1 N–H and O–H groups in total. The van der Waals surface area contributed by atoms with Crippen molar-refractivity contribution >= 4 is 41.2 Å². The van der Waals surface area contributed by atoms with Crippen molar-refractivity contribution in [1.82, 2.24) is 20.2 Å². The second-order valence-electron chi connectivity index (χ2n) is 6.47. The molecule has 0 atom stereocenters. The third-order valence-electron chi connectivity index (χ3n) is 4.24. The van der Waals surface area contributed by atoms with Crippen molar-refractivity contribution in [1.29, 1.82) is 0 Å². The molecule has 0 bridgehead atoms. The van der Waals surface area contributed by atoms with Gasteiger partial charge in [0.1, 0.15) is 5.02 Å². The lowest BCUT2D eigenvalue weighted by Gasteiger charge is -2.07. The number of hydrogen-bond donors (Lipinski definition) is 1. The van der Waals surface area contributed by atoms with Crippen LogP contribution < -0.4 is 5.43 Å². The van der Waals surface area contributed by atoms with E-state index >= 15 is 0 Å². The number of nitrogens with one attached hydrogen (secondary N) is 1. The van der Waals surface area contributed by atoms with Crippen LogP contribution in [0.15, 0.2) is 52.7 Å². The summed E-state index contributed by atoms with van der Waals surface area (Å²) in [5.74, 6) is 0.490. The zero-order valence-corrected chi connectivity index (χ0v) is 18.4. The van der Waals surface area contributed by atoms with E-state index in [1.807, 2.05) is 42.7 Å². The van der Waals surface area contributed by atoms with Gasteiger partial charge in [-0.25, -0.2) is 5.43 Å². The van der Waals surface area contributed by atoms with E-state index in [9.17, 15) is 14.9 Å². The Kier molecular flexibility index (Phi) is 7.37. The summed E-state index contributed by atoms with van der Waals surface area (Å²) in [6, 6.07) is 12.3. The molecule has 0 radical (unpaired) electrons. The van der Waals surface area contributed by atoms with Gasteiger partial charge in [-0.3, -0.25) is 14.9 Å². The molecular weight excluding hydrogens is 440 g/mol. The molecule has 0 saturated heterocycles. The Hall–Kier alpha value is -3.24. The van der Waals surface area contributed by atoms with E-state index in [1.165, 1.54) is 30.1 Å². The Bertz CT molecular complexity index is 1130. The van der Waals surface area contributed by atoms with Crippen LogP contribution in [0.2, 0.25) is 5.02 Å². The first-order chi connectivity index (χ1) is 14.9. The number of thioether (sulfide) groups is 1. The van der Waals surface area contributed by atoms with Gasteiger partial charge in [-0.15, -0.1) is 10.2 Å². The summed E-state index contributed by atoms with van der Waals surface area (Å²) in [6.45, 7) is 4.67. The average molecular weight is 459 g/mol. The number of hydrogen-bond acceptors (Lipinski definition) is 7. The minimum Gasteiger partial charge on any atom is -0.302 e. The molecule has 3 aromatic rings. The lowest BCUT2D eigenvalue weighted by atomic mass is 10.1. The minimum absolute atomic E-state index is 0.0348. The van der Waals surface area contributed by atoms with Gasteiger partial charge in [-0.1, -0.05) is 59.3 Å². The molecule has 11 heteroatoms. The van der Waals surface area contributed by atoms with Gasteiger partial charge in [0.15, 0.2) is 11.0 Å². The van der Waals surface area contributed by atoms with E-state index in [2.05, 4.69) is 20.7 Å². The summed E-state index contributed by atoms with van der Waals surface area (Å²) in [7, 11) is 0. The second-order valence-corrected chi connectivity index (χ2v) is 7.82. The molecule has 0 aliphatic carbocycles. The van der Waals surface area contributed by atoms with Gasteiger partial charge in [-0.2, -0.15) is 5.10 Å². The maximum Gasteiger partial charge on any atom is 0.288 e. The Labute approximate surface area is 187 Å². The lowest BCUT2D eigenvalue weighted by molar-refractivity contribution is -0.384. The highest BCUT2D eigenvalue weighted by atomic mass is 35.5. The molecule has 3 rings (SSSR count). The average Bonchev–Trinajstić information content (AvgIpc) is 3.16. The summed E-state index contributed by atoms with van der Waals surface area (Å²) in [6.07, 6.45) is 1.32. The number of amides is 1. The van der Waals surface area contributed by atoms with E-state index in [-0.39, 0.29) is 22.4 Å². The fraction of sp³-hybridized carbons (Fsp3) is 0.200. The quantitative estimate of drug-likeness (QED) is 0.235. The van der Waals surface area contributed by atoms with Crippen molar-refractivity contribution < 1.29 is 9.72 Å². The van der Waals surface area contributed by atoms with E-state index < -0.39 is 4.92 Å². The van der Waals surface area contributed by atoms with Crippen molar-refractivity contribution in [2.75, 3.05) is 5.75 Å². The molecule has 0 aliphatic heterocycles. The predicted octanol–water partition coefficient (Wildman–Crippen LogP) is 4.08. The number of carbonyl (C=O) groups is 1. The van der Waals surface area contributed by atoms with Crippen LogP contribution in [0.1, 0.15) is 18.1 Å². The smallest absolute Gasteiger partial charge is 0.288 e. The highest BCUT2D eigenvalue weighted by Crippen LogP contribution is 2.25. The molecule has 160 valence electrons. The predicted molar refractivity (Wildman–Crippen MR) is 120 cm³/mol.